The van der Waals surface area contributed by atoms with Crippen LogP contribution in [0.4, 0.5) is 0 Å². The third-order valence-corrected chi connectivity index (χ3v) is 1.18. The van der Waals surface area contributed by atoms with Crippen molar-refractivity contribution in [3.8, 4) is 0 Å². The van der Waals surface area contributed by atoms with E-state index < -0.39 is 11.6 Å². The lowest BCUT2D eigenvalue weighted by molar-refractivity contribution is -0.142. The van der Waals surface area contributed by atoms with Crippen molar-refractivity contribution in [3.63, 3.8) is 0 Å². The number of carboxylic acid groups (broad SMARTS) is 1. The third-order valence-electron chi connectivity index (χ3n) is 1.18. The first-order valence-corrected chi connectivity index (χ1v) is 3.53. The predicted molar refractivity (Wildman–Crippen MR) is 45.8 cm³/mol. The number of aliphatic carboxylic acids is 1. The van der Waals surface area contributed by atoms with Gasteiger partial charge in [0.1, 0.15) is 0 Å². The van der Waals surface area contributed by atoms with Crippen molar-refractivity contribution >= 4 is 5.97 Å². The van der Waals surface area contributed by atoms with Gasteiger partial charge in [0.05, 0.1) is 12.0 Å². The molecule has 0 aromatic carbocycles. The first kappa shape index (κ1) is 13.7. The molecule has 1 unspecified atom stereocenters. The molecule has 0 radical (unpaired) electrons. The molecule has 0 bridgehead atoms. The summed E-state index contributed by atoms with van der Waals surface area (Å²) in [5, 5.41) is 25.7. The van der Waals surface area contributed by atoms with Crippen molar-refractivity contribution in [1.29, 1.82) is 0 Å². The van der Waals surface area contributed by atoms with Crippen LogP contribution in [-0.2, 0) is 4.79 Å². The van der Waals surface area contributed by atoms with Gasteiger partial charge in [0.15, 0.2) is 0 Å². The van der Waals surface area contributed by atoms with Crippen LogP contribution in [0.15, 0.2) is 13.2 Å². The fraction of sp³-hybridized carbons (Fsp3) is 0.625. The molecule has 72 valence electrons. The van der Waals surface area contributed by atoms with E-state index in [1.807, 2.05) is 0 Å². The number of aliphatic hydroxyl groups excluding tert-OH is 1. The Balaban J connectivity index is 0. The molecule has 3 N–H and O–H groups in total. The molecule has 0 aliphatic carbocycles. The standard InChI is InChI=1S/C6H12O4.C2H4/c1-6(10,2-3-7)4-5(8)9;1-2/h7,10H,2-4H2,1H3,(H,8,9);1-2H2. The number of carbonyl (C=O) groups is 1. The lowest BCUT2D eigenvalue weighted by Crippen LogP contribution is -2.28. The van der Waals surface area contributed by atoms with Crippen LogP contribution in [0.5, 0.6) is 0 Å². The molecule has 0 aromatic heterocycles. The summed E-state index contributed by atoms with van der Waals surface area (Å²) in [5.74, 6) is -1.06. The molecule has 0 aromatic rings. The molecule has 1 atom stereocenters. The summed E-state index contributed by atoms with van der Waals surface area (Å²) in [7, 11) is 0. The van der Waals surface area contributed by atoms with E-state index in [0.717, 1.165) is 0 Å². The number of hydrogen-bond acceptors (Lipinski definition) is 3. The van der Waals surface area contributed by atoms with Crippen LogP contribution in [-0.4, -0.2) is 33.5 Å². The highest BCUT2D eigenvalue weighted by atomic mass is 16.4. The minimum Gasteiger partial charge on any atom is -0.481 e. The van der Waals surface area contributed by atoms with Gasteiger partial charge in [-0.05, 0) is 13.3 Å². The second kappa shape index (κ2) is 6.82. The van der Waals surface area contributed by atoms with Crippen LogP contribution in [0.2, 0.25) is 0 Å². The summed E-state index contributed by atoms with van der Waals surface area (Å²) in [6.45, 7) is 7.19. The Morgan fingerprint density at radius 1 is 1.50 bits per heavy atom. The van der Waals surface area contributed by atoms with Crippen molar-refractivity contribution in [2.24, 2.45) is 0 Å². The second-order valence-corrected chi connectivity index (χ2v) is 2.54. The quantitative estimate of drug-likeness (QED) is 0.542. The van der Waals surface area contributed by atoms with E-state index in [4.69, 9.17) is 15.3 Å². The highest BCUT2D eigenvalue weighted by Crippen LogP contribution is 2.12. The Morgan fingerprint density at radius 3 is 2.17 bits per heavy atom. The summed E-state index contributed by atoms with van der Waals surface area (Å²) in [6.07, 6.45) is -0.229. The lowest BCUT2D eigenvalue weighted by Gasteiger charge is -2.18. The van der Waals surface area contributed by atoms with Gasteiger partial charge < -0.3 is 15.3 Å². The van der Waals surface area contributed by atoms with Gasteiger partial charge in [-0.15, -0.1) is 13.2 Å². The van der Waals surface area contributed by atoms with Gasteiger partial charge in [-0.25, -0.2) is 0 Å². The number of aliphatic hydroxyl groups is 2. The summed E-state index contributed by atoms with van der Waals surface area (Å²) in [4.78, 5) is 10.0. The minimum absolute atomic E-state index is 0.0965. The van der Waals surface area contributed by atoms with Crippen LogP contribution in [0.1, 0.15) is 19.8 Å². The first-order chi connectivity index (χ1) is 5.48. The first-order valence-electron chi connectivity index (χ1n) is 3.53. The third kappa shape index (κ3) is 9.13. The molecule has 12 heavy (non-hydrogen) atoms. The lowest BCUT2D eigenvalue weighted by atomic mass is 9.99. The average Bonchev–Trinajstić information content (AvgIpc) is 1.88. The van der Waals surface area contributed by atoms with Crippen molar-refractivity contribution < 1.29 is 20.1 Å². The van der Waals surface area contributed by atoms with Gasteiger partial charge in [0.2, 0.25) is 0 Å². The van der Waals surface area contributed by atoms with E-state index in [2.05, 4.69) is 13.2 Å². The Labute approximate surface area is 72.2 Å². The smallest absolute Gasteiger partial charge is 0.306 e. The van der Waals surface area contributed by atoms with Crippen LogP contribution in [0.3, 0.4) is 0 Å². The van der Waals surface area contributed by atoms with Gasteiger partial charge >= 0.3 is 5.97 Å². The number of hydrogen-bond donors (Lipinski definition) is 3. The summed E-state index contributed by atoms with van der Waals surface area (Å²) < 4.78 is 0. The molecule has 0 spiro atoms. The van der Waals surface area contributed by atoms with E-state index in [-0.39, 0.29) is 19.4 Å². The van der Waals surface area contributed by atoms with Crippen molar-refractivity contribution in [2.45, 2.75) is 25.4 Å². The maximum atomic E-state index is 10.0. The molecule has 0 aliphatic rings. The van der Waals surface area contributed by atoms with Gasteiger partial charge in [0.25, 0.3) is 0 Å². The maximum absolute atomic E-state index is 10.0. The monoisotopic (exact) mass is 176 g/mol. The average molecular weight is 176 g/mol. The molecular weight excluding hydrogens is 160 g/mol. The van der Waals surface area contributed by atoms with Gasteiger partial charge in [-0.1, -0.05) is 0 Å². The van der Waals surface area contributed by atoms with Gasteiger partial charge in [0, 0.05) is 6.61 Å². The molecule has 0 saturated heterocycles. The number of rotatable bonds is 4. The van der Waals surface area contributed by atoms with E-state index in [1.54, 1.807) is 0 Å². The molecule has 4 heteroatoms. The fourth-order valence-electron chi connectivity index (χ4n) is 0.655. The van der Waals surface area contributed by atoms with E-state index in [0.29, 0.717) is 0 Å². The van der Waals surface area contributed by atoms with E-state index in [9.17, 15) is 4.79 Å². The fourth-order valence-corrected chi connectivity index (χ4v) is 0.655. The minimum atomic E-state index is -1.28. The molecular formula is C8H16O4. The Morgan fingerprint density at radius 2 is 1.92 bits per heavy atom. The zero-order chi connectivity index (χ0) is 10.2. The largest absolute Gasteiger partial charge is 0.481 e. The van der Waals surface area contributed by atoms with Crippen molar-refractivity contribution in [1.82, 2.24) is 0 Å². The molecule has 0 rings (SSSR count). The van der Waals surface area contributed by atoms with Crippen molar-refractivity contribution in [2.75, 3.05) is 6.61 Å². The normalized spacial score (nSPS) is 13.9. The maximum Gasteiger partial charge on any atom is 0.306 e. The number of carboxylic acids is 1. The highest BCUT2D eigenvalue weighted by Gasteiger charge is 2.22. The van der Waals surface area contributed by atoms with Crippen molar-refractivity contribution in [3.05, 3.63) is 13.2 Å². The van der Waals surface area contributed by atoms with Crippen LogP contribution < -0.4 is 0 Å². The Hall–Kier alpha value is -0.870. The zero-order valence-electron chi connectivity index (χ0n) is 7.29. The van der Waals surface area contributed by atoms with Crippen LogP contribution in [0.25, 0.3) is 0 Å². The summed E-state index contributed by atoms with van der Waals surface area (Å²) in [6, 6.07) is 0. The van der Waals surface area contributed by atoms with Crippen LogP contribution >= 0.6 is 0 Å². The van der Waals surface area contributed by atoms with E-state index in [1.165, 1.54) is 6.92 Å². The molecule has 0 fully saturated rings. The van der Waals surface area contributed by atoms with Gasteiger partial charge in [-0.3, -0.25) is 4.79 Å². The molecule has 0 heterocycles. The molecule has 0 aliphatic heterocycles. The predicted octanol–water partition coefficient (Wildman–Crippen LogP) is 0.397. The van der Waals surface area contributed by atoms with E-state index >= 15 is 0 Å². The topological polar surface area (TPSA) is 77.8 Å². The van der Waals surface area contributed by atoms with Crippen LogP contribution in [0, 0.1) is 0 Å². The highest BCUT2D eigenvalue weighted by molar-refractivity contribution is 5.67. The SMILES string of the molecule is C=C.CC(O)(CCO)CC(=O)O. The van der Waals surface area contributed by atoms with Gasteiger partial charge in [-0.2, -0.15) is 0 Å². The summed E-state index contributed by atoms with van der Waals surface area (Å²) >= 11 is 0. The molecule has 0 saturated carbocycles. The Bertz CT molecular complexity index is 131. The second-order valence-electron chi connectivity index (χ2n) is 2.54. The summed E-state index contributed by atoms with van der Waals surface area (Å²) in [5.41, 5.74) is -1.28. The Kier molecular flexibility index (Phi) is 7.78. The zero-order valence-corrected chi connectivity index (χ0v) is 7.29. The molecule has 0 amide bonds. The molecule has 4 nitrogen and oxygen atoms in total.